The van der Waals surface area contributed by atoms with Crippen molar-refractivity contribution < 1.29 is 4.74 Å². The van der Waals surface area contributed by atoms with E-state index in [2.05, 4.69) is 52.1 Å². The van der Waals surface area contributed by atoms with Crippen LogP contribution in [-0.4, -0.2) is 42.3 Å². The monoisotopic (exact) mass is 368 g/mol. The van der Waals surface area contributed by atoms with E-state index in [9.17, 15) is 0 Å². The maximum Gasteiger partial charge on any atom is 0.0594 e. The molecule has 4 heteroatoms. The number of hydrogen-bond donors (Lipinski definition) is 0. The Kier molecular flexibility index (Phi) is 5.59. The maximum absolute atomic E-state index is 6.37. The lowest BCUT2D eigenvalue weighted by Gasteiger charge is -2.26. The lowest BCUT2D eigenvalue weighted by molar-refractivity contribution is 0.0375. The average Bonchev–Trinajstić information content (AvgIpc) is 3.02. The van der Waals surface area contributed by atoms with E-state index >= 15 is 0 Å². The Morgan fingerprint density at radius 1 is 0.923 bits per heavy atom. The number of ether oxygens (including phenoxy) is 1. The lowest BCUT2D eigenvalue weighted by atomic mass is 10.1. The molecule has 0 aliphatic carbocycles. The van der Waals surface area contributed by atoms with Crippen LogP contribution in [0.2, 0.25) is 5.02 Å². The van der Waals surface area contributed by atoms with Crippen molar-refractivity contribution in [3.8, 4) is 0 Å². The van der Waals surface area contributed by atoms with Gasteiger partial charge < -0.3 is 9.30 Å². The van der Waals surface area contributed by atoms with Gasteiger partial charge in [0.2, 0.25) is 0 Å². The molecule has 3 nitrogen and oxygen atoms in total. The summed E-state index contributed by atoms with van der Waals surface area (Å²) in [5.41, 5.74) is 3.88. The fourth-order valence-corrected chi connectivity index (χ4v) is 3.98. The molecule has 0 amide bonds. The molecular formula is C22H25ClN2O. The molecule has 1 aliphatic rings. The second-order valence-corrected chi connectivity index (χ2v) is 7.36. The highest BCUT2D eigenvalue weighted by Gasteiger charge is 2.12. The van der Waals surface area contributed by atoms with Crippen LogP contribution in [0.15, 0.2) is 54.7 Å². The Morgan fingerprint density at radius 3 is 2.54 bits per heavy atom. The van der Waals surface area contributed by atoms with Crippen LogP contribution < -0.4 is 0 Å². The number of fused-ring (bicyclic) bond motifs is 1. The van der Waals surface area contributed by atoms with E-state index in [0.29, 0.717) is 0 Å². The van der Waals surface area contributed by atoms with Gasteiger partial charge in [-0.25, -0.2) is 0 Å². The van der Waals surface area contributed by atoms with Crippen molar-refractivity contribution in [3.05, 3.63) is 70.9 Å². The molecule has 1 aliphatic heterocycles. The minimum atomic E-state index is 0.809. The van der Waals surface area contributed by atoms with Crippen molar-refractivity contribution >= 4 is 22.5 Å². The molecule has 0 radical (unpaired) electrons. The summed E-state index contributed by atoms with van der Waals surface area (Å²) in [6.45, 7) is 5.83. The molecule has 2 heterocycles. The Labute approximate surface area is 160 Å². The Bertz CT molecular complexity index is 867. The summed E-state index contributed by atoms with van der Waals surface area (Å²) in [5, 5.41) is 2.20. The van der Waals surface area contributed by atoms with Crippen molar-refractivity contribution in [1.29, 1.82) is 0 Å². The molecule has 0 unspecified atom stereocenters. The molecule has 4 rings (SSSR count). The van der Waals surface area contributed by atoms with Crippen LogP contribution in [0.3, 0.4) is 0 Å². The number of nitrogens with zero attached hydrogens (tertiary/aromatic N) is 2. The average molecular weight is 369 g/mol. The fourth-order valence-electron chi connectivity index (χ4n) is 3.78. The van der Waals surface area contributed by atoms with Crippen molar-refractivity contribution in [2.45, 2.75) is 19.4 Å². The van der Waals surface area contributed by atoms with Crippen LogP contribution in [0, 0.1) is 0 Å². The summed E-state index contributed by atoms with van der Waals surface area (Å²) >= 11 is 6.37. The quantitative estimate of drug-likeness (QED) is 0.632. The SMILES string of the molecule is Clc1ccccc1Cn1cc(CCCN2CCOCC2)c2ccccc21. The summed E-state index contributed by atoms with van der Waals surface area (Å²) < 4.78 is 7.77. The molecular weight excluding hydrogens is 344 g/mol. The van der Waals surface area contributed by atoms with E-state index in [4.69, 9.17) is 16.3 Å². The first kappa shape index (κ1) is 17.6. The number of morpholine rings is 1. The molecule has 1 saturated heterocycles. The summed E-state index contributed by atoms with van der Waals surface area (Å²) in [6, 6.07) is 16.8. The van der Waals surface area contributed by atoms with Crippen molar-refractivity contribution in [1.82, 2.24) is 9.47 Å². The molecule has 2 aromatic carbocycles. The van der Waals surface area contributed by atoms with E-state index in [1.807, 2.05) is 12.1 Å². The van der Waals surface area contributed by atoms with Gasteiger partial charge in [0.1, 0.15) is 0 Å². The van der Waals surface area contributed by atoms with E-state index in [0.717, 1.165) is 56.4 Å². The Hall–Kier alpha value is -1.81. The van der Waals surface area contributed by atoms with Crippen LogP contribution in [0.4, 0.5) is 0 Å². The largest absolute Gasteiger partial charge is 0.379 e. The van der Waals surface area contributed by atoms with Crippen LogP contribution in [0.5, 0.6) is 0 Å². The molecule has 1 fully saturated rings. The zero-order chi connectivity index (χ0) is 17.8. The number of halogens is 1. The molecule has 0 N–H and O–H groups in total. The zero-order valence-electron chi connectivity index (χ0n) is 15.0. The number of para-hydroxylation sites is 1. The maximum atomic E-state index is 6.37. The second-order valence-electron chi connectivity index (χ2n) is 6.95. The zero-order valence-corrected chi connectivity index (χ0v) is 15.8. The van der Waals surface area contributed by atoms with Gasteiger partial charge in [-0.3, -0.25) is 4.90 Å². The van der Waals surface area contributed by atoms with Gasteiger partial charge in [-0.05, 0) is 42.6 Å². The topological polar surface area (TPSA) is 17.4 Å². The van der Waals surface area contributed by atoms with Gasteiger partial charge in [-0.2, -0.15) is 0 Å². The van der Waals surface area contributed by atoms with E-state index in [-0.39, 0.29) is 0 Å². The number of rotatable bonds is 6. The smallest absolute Gasteiger partial charge is 0.0594 e. The Balaban J connectivity index is 1.51. The van der Waals surface area contributed by atoms with Crippen LogP contribution in [0.25, 0.3) is 10.9 Å². The number of hydrogen-bond acceptors (Lipinski definition) is 2. The van der Waals surface area contributed by atoms with Gasteiger partial charge in [0, 0.05) is 41.8 Å². The Morgan fingerprint density at radius 2 is 1.69 bits per heavy atom. The van der Waals surface area contributed by atoms with Crippen molar-refractivity contribution in [3.63, 3.8) is 0 Å². The third-order valence-electron chi connectivity index (χ3n) is 5.19. The number of aromatic nitrogens is 1. The molecule has 1 aromatic heterocycles. The first-order valence-electron chi connectivity index (χ1n) is 9.41. The first-order valence-corrected chi connectivity index (χ1v) is 9.79. The molecule has 0 atom stereocenters. The summed E-state index contributed by atoms with van der Waals surface area (Å²) in [6.07, 6.45) is 4.60. The van der Waals surface area contributed by atoms with Crippen LogP contribution >= 0.6 is 11.6 Å². The standard InChI is InChI=1S/C22H25ClN2O/c23-21-9-3-1-6-19(21)17-25-16-18(20-8-2-4-10-22(20)25)7-5-11-24-12-14-26-15-13-24/h1-4,6,8-10,16H,5,7,11-15,17H2. The molecule has 26 heavy (non-hydrogen) atoms. The van der Waals surface area contributed by atoms with Gasteiger partial charge >= 0.3 is 0 Å². The van der Waals surface area contributed by atoms with Gasteiger partial charge in [-0.1, -0.05) is 48.0 Å². The summed E-state index contributed by atoms with van der Waals surface area (Å²) in [4.78, 5) is 2.51. The normalized spacial score (nSPS) is 15.6. The predicted molar refractivity (Wildman–Crippen MR) is 108 cm³/mol. The highest BCUT2D eigenvalue weighted by atomic mass is 35.5. The fraction of sp³-hybridized carbons (Fsp3) is 0.364. The highest BCUT2D eigenvalue weighted by Crippen LogP contribution is 2.25. The van der Waals surface area contributed by atoms with Crippen molar-refractivity contribution in [2.24, 2.45) is 0 Å². The minimum Gasteiger partial charge on any atom is -0.379 e. The van der Waals surface area contributed by atoms with E-state index in [1.54, 1.807) is 0 Å². The number of aryl methyl sites for hydroxylation is 1. The molecule has 0 bridgehead atoms. The highest BCUT2D eigenvalue weighted by molar-refractivity contribution is 6.31. The third kappa shape index (κ3) is 3.96. The van der Waals surface area contributed by atoms with E-state index in [1.165, 1.54) is 22.9 Å². The molecule has 3 aromatic rings. The number of benzene rings is 2. The van der Waals surface area contributed by atoms with Crippen LogP contribution in [0.1, 0.15) is 17.5 Å². The summed E-state index contributed by atoms with van der Waals surface area (Å²) in [7, 11) is 0. The van der Waals surface area contributed by atoms with E-state index < -0.39 is 0 Å². The van der Waals surface area contributed by atoms with Gasteiger partial charge in [0.05, 0.1) is 13.2 Å². The lowest BCUT2D eigenvalue weighted by Crippen LogP contribution is -2.36. The molecule has 0 spiro atoms. The molecule has 136 valence electrons. The first-order chi connectivity index (χ1) is 12.8. The van der Waals surface area contributed by atoms with Crippen LogP contribution in [-0.2, 0) is 17.7 Å². The minimum absolute atomic E-state index is 0.809. The van der Waals surface area contributed by atoms with Crippen molar-refractivity contribution in [2.75, 3.05) is 32.8 Å². The van der Waals surface area contributed by atoms with Gasteiger partial charge in [-0.15, -0.1) is 0 Å². The van der Waals surface area contributed by atoms with Gasteiger partial charge in [0.15, 0.2) is 0 Å². The second kappa shape index (κ2) is 8.26. The molecule has 0 saturated carbocycles. The van der Waals surface area contributed by atoms with Gasteiger partial charge in [0.25, 0.3) is 0 Å². The third-order valence-corrected chi connectivity index (χ3v) is 5.56. The summed E-state index contributed by atoms with van der Waals surface area (Å²) in [5.74, 6) is 0. The predicted octanol–water partition coefficient (Wildman–Crippen LogP) is 4.61.